The average molecular weight is 357 g/mol. The number of carbonyl (C=O) groups excluding carboxylic acids is 1. The highest BCUT2D eigenvalue weighted by molar-refractivity contribution is 5.78. The normalized spacial score (nSPS) is 24.4. The number of hydrogen-bond donors (Lipinski definition) is 3. The van der Waals surface area contributed by atoms with E-state index in [2.05, 4.69) is 6.92 Å². The van der Waals surface area contributed by atoms with Gasteiger partial charge < -0.3 is 15.3 Å². The molecule has 1 fully saturated rings. The maximum absolute atomic E-state index is 12.1. The van der Waals surface area contributed by atoms with Gasteiger partial charge in [0.15, 0.2) is 0 Å². The van der Waals surface area contributed by atoms with E-state index in [0.29, 0.717) is 31.6 Å². The molecule has 146 valence electrons. The summed E-state index contributed by atoms with van der Waals surface area (Å²) in [5, 5.41) is 28.9. The molecule has 1 aliphatic carbocycles. The lowest BCUT2D eigenvalue weighted by Gasteiger charge is -2.22. The van der Waals surface area contributed by atoms with Gasteiger partial charge in [0.05, 0.1) is 12.2 Å². The minimum atomic E-state index is -0.823. The number of aliphatic hydroxyl groups is 2. The Bertz CT molecular complexity index is 396. The fraction of sp³-hybridized carbons (Fsp3) is 0.900. The van der Waals surface area contributed by atoms with Crippen molar-refractivity contribution in [2.75, 3.05) is 0 Å². The molecule has 5 heteroatoms. The molecule has 0 saturated heterocycles. The van der Waals surface area contributed by atoms with Crippen molar-refractivity contribution in [1.82, 2.24) is 0 Å². The Balaban J connectivity index is 2.30. The molecule has 0 heterocycles. The van der Waals surface area contributed by atoms with Gasteiger partial charge in [0.2, 0.25) is 0 Å². The zero-order valence-corrected chi connectivity index (χ0v) is 15.7. The van der Waals surface area contributed by atoms with Crippen LogP contribution in [0.25, 0.3) is 0 Å². The van der Waals surface area contributed by atoms with Gasteiger partial charge in [0.25, 0.3) is 0 Å². The quantitative estimate of drug-likeness (QED) is 0.413. The van der Waals surface area contributed by atoms with E-state index in [-0.39, 0.29) is 24.2 Å². The standard InChI is InChI=1S/C20H36O5/c1-2-3-4-7-16(21)12-10-15-11-13-19(23)18(15)14-17(22)8-5-6-9-20(24)25/h15-16,18-19,21,23H,2-14H2,1H3,(H,24,25)/t15-,16-,18+,19-/m0/s1. The third-order valence-electron chi connectivity index (χ3n) is 5.50. The van der Waals surface area contributed by atoms with Gasteiger partial charge in [-0.25, -0.2) is 0 Å². The number of carboxylic acids is 1. The van der Waals surface area contributed by atoms with Crippen LogP contribution in [0, 0.1) is 11.8 Å². The van der Waals surface area contributed by atoms with E-state index in [4.69, 9.17) is 5.11 Å². The highest BCUT2D eigenvalue weighted by atomic mass is 16.4. The Morgan fingerprint density at radius 2 is 1.76 bits per heavy atom. The summed E-state index contributed by atoms with van der Waals surface area (Å²) in [6, 6.07) is 0. The molecule has 0 radical (unpaired) electrons. The Kier molecular flexibility index (Phi) is 11.0. The van der Waals surface area contributed by atoms with Crippen LogP contribution in [0.2, 0.25) is 0 Å². The number of hydrogen-bond acceptors (Lipinski definition) is 4. The molecule has 1 rings (SSSR count). The third kappa shape index (κ3) is 9.36. The van der Waals surface area contributed by atoms with Crippen LogP contribution < -0.4 is 0 Å². The SMILES string of the molecule is CCCCC[C@H](O)CC[C@H]1CC[C@H](O)[C@@H]1CC(=O)CCCCC(=O)O. The number of aliphatic carboxylic acids is 1. The minimum absolute atomic E-state index is 0.00909. The molecular weight excluding hydrogens is 320 g/mol. The van der Waals surface area contributed by atoms with E-state index in [0.717, 1.165) is 51.4 Å². The van der Waals surface area contributed by atoms with E-state index in [1.54, 1.807) is 0 Å². The van der Waals surface area contributed by atoms with Crippen LogP contribution in [0.5, 0.6) is 0 Å². The number of carboxylic acid groups (broad SMARTS) is 1. The van der Waals surface area contributed by atoms with Crippen molar-refractivity contribution in [3.05, 3.63) is 0 Å². The van der Waals surface area contributed by atoms with Gasteiger partial charge >= 0.3 is 5.97 Å². The smallest absolute Gasteiger partial charge is 0.303 e. The highest BCUT2D eigenvalue weighted by Gasteiger charge is 2.35. The number of ketones is 1. The molecule has 0 spiro atoms. The maximum Gasteiger partial charge on any atom is 0.303 e. The molecular formula is C20H36O5. The van der Waals surface area contributed by atoms with Crippen LogP contribution >= 0.6 is 0 Å². The summed E-state index contributed by atoms with van der Waals surface area (Å²) in [5.41, 5.74) is 0. The monoisotopic (exact) mass is 356 g/mol. The first kappa shape index (κ1) is 22.1. The maximum atomic E-state index is 12.1. The lowest BCUT2D eigenvalue weighted by molar-refractivity contribution is -0.137. The van der Waals surface area contributed by atoms with E-state index >= 15 is 0 Å². The average Bonchev–Trinajstić information content (AvgIpc) is 2.90. The Labute approximate surface area is 151 Å². The van der Waals surface area contributed by atoms with Crippen LogP contribution in [0.15, 0.2) is 0 Å². The first-order valence-electron chi connectivity index (χ1n) is 10.0. The zero-order valence-electron chi connectivity index (χ0n) is 15.7. The molecule has 0 aromatic rings. The second-order valence-corrected chi connectivity index (χ2v) is 7.64. The lowest BCUT2D eigenvalue weighted by Crippen LogP contribution is -2.23. The summed E-state index contributed by atoms with van der Waals surface area (Å²) in [7, 11) is 0. The first-order chi connectivity index (χ1) is 11.9. The minimum Gasteiger partial charge on any atom is -0.481 e. The van der Waals surface area contributed by atoms with Gasteiger partial charge in [-0.05, 0) is 56.8 Å². The number of unbranched alkanes of at least 4 members (excludes halogenated alkanes) is 3. The second-order valence-electron chi connectivity index (χ2n) is 7.64. The molecule has 3 N–H and O–H groups in total. The molecule has 0 amide bonds. The number of Topliss-reactive ketones (excluding diaryl/α,β-unsaturated/α-hetero) is 1. The molecule has 0 unspecified atom stereocenters. The third-order valence-corrected chi connectivity index (χ3v) is 5.50. The van der Waals surface area contributed by atoms with Crippen LogP contribution in [-0.2, 0) is 9.59 Å². The van der Waals surface area contributed by atoms with Gasteiger partial charge in [-0.2, -0.15) is 0 Å². The van der Waals surface area contributed by atoms with Crippen LogP contribution in [0.1, 0.15) is 90.4 Å². The van der Waals surface area contributed by atoms with Crippen molar-refractivity contribution in [3.63, 3.8) is 0 Å². The van der Waals surface area contributed by atoms with Gasteiger partial charge in [-0.15, -0.1) is 0 Å². The molecule has 0 aliphatic heterocycles. The zero-order chi connectivity index (χ0) is 18.7. The number of rotatable bonds is 14. The van der Waals surface area contributed by atoms with Gasteiger partial charge in [-0.3, -0.25) is 9.59 Å². The fourth-order valence-corrected chi connectivity index (χ4v) is 3.93. The van der Waals surface area contributed by atoms with Crippen molar-refractivity contribution in [1.29, 1.82) is 0 Å². The summed E-state index contributed by atoms with van der Waals surface area (Å²) in [4.78, 5) is 22.6. The molecule has 5 nitrogen and oxygen atoms in total. The second kappa shape index (κ2) is 12.4. The van der Waals surface area contributed by atoms with Gasteiger partial charge in [-0.1, -0.05) is 26.2 Å². The predicted octanol–water partition coefficient (Wildman–Crippen LogP) is 3.70. The number of carbonyl (C=O) groups is 2. The van der Waals surface area contributed by atoms with Crippen molar-refractivity contribution in [3.8, 4) is 0 Å². The Morgan fingerprint density at radius 3 is 2.44 bits per heavy atom. The molecule has 0 aromatic carbocycles. The summed E-state index contributed by atoms with van der Waals surface area (Å²) in [5.74, 6) is -0.366. The first-order valence-corrected chi connectivity index (χ1v) is 10.0. The van der Waals surface area contributed by atoms with E-state index < -0.39 is 12.1 Å². The van der Waals surface area contributed by atoms with Crippen LogP contribution in [0.3, 0.4) is 0 Å². The summed E-state index contributed by atoms with van der Waals surface area (Å²) >= 11 is 0. The lowest BCUT2D eigenvalue weighted by atomic mass is 9.85. The molecule has 0 aromatic heterocycles. The van der Waals surface area contributed by atoms with Crippen molar-refractivity contribution < 1.29 is 24.9 Å². The topological polar surface area (TPSA) is 94.8 Å². The molecule has 0 bridgehead atoms. The van der Waals surface area contributed by atoms with Gasteiger partial charge in [0, 0.05) is 19.3 Å². The molecule has 25 heavy (non-hydrogen) atoms. The predicted molar refractivity (Wildman–Crippen MR) is 97.3 cm³/mol. The summed E-state index contributed by atoms with van der Waals surface area (Å²) < 4.78 is 0. The van der Waals surface area contributed by atoms with E-state index in [9.17, 15) is 19.8 Å². The van der Waals surface area contributed by atoms with Crippen LogP contribution in [0.4, 0.5) is 0 Å². The molecule has 4 atom stereocenters. The highest BCUT2D eigenvalue weighted by Crippen LogP contribution is 2.38. The van der Waals surface area contributed by atoms with Crippen LogP contribution in [-0.4, -0.2) is 39.3 Å². The van der Waals surface area contributed by atoms with E-state index in [1.165, 1.54) is 0 Å². The molecule has 1 saturated carbocycles. The fourth-order valence-electron chi connectivity index (χ4n) is 3.93. The van der Waals surface area contributed by atoms with E-state index in [1.807, 2.05) is 0 Å². The van der Waals surface area contributed by atoms with Crippen molar-refractivity contribution in [2.24, 2.45) is 11.8 Å². The largest absolute Gasteiger partial charge is 0.481 e. The summed E-state index contributed by atoms with van der Waals surface area (Å²) in [6.45, 7) is 2.15. The van der Waals surface area contributed by atoms with Crippen molar-refractivity contribution in [2.45, 2.75) is 103 Å². The Hall–Kier alpha value is -0.940. The Morgan fingerprint density at radius 1 is 1.04 bits per heavy atom. The number of aliphatic hydroxyl groups excluding tert-OH is 2. The van der Waals surface area contributed by atoms with Gasteiger partial charge in [0.1, 0.15) is 5.78 Å². The summed E-state index contributed by atoms with van der Waals surface area (Å²) in [6.07, 6.45) is 8.87. The molecule has 1 aliphatic rings. The van der Waals surface area contributed by atoms with Crippen molar-refractivity contribution >= 4 is 11.8 Å².